The number of H-pyrrole nitrogens is 2. The monoisotopic (exact) mass is 892 g/mol. The average Bonchev–Trinajstić information content (AvgIpc) is 4.23. The molecule has 0 amide bonds. The number of nitrogens with one attached hydrogen (secondary N) is 2. The van der Waals surface area contributed by atoms with Crippen LogP contribution in [0.3, 0.4) is 0 Å². The van der Waals surface area contributed by atoms with E-state index in [1.165, 1.54) is 22.5 Å². The van der Waals surface area contributed by atoms with Gasteiger partial charge in [0.1, 0.15) is 11.6 Å². The maximum absolute atomic E-state index is 5.38. The van der Waals surface area contributed by atoms with Gasteiger partial charge < -0.3 is 19.8 Å². The van der Waals surface area contributed by atoms with Crippen LogP contribution in [-0.2, 0) is 0 Å². The van der Waals surface area contributed by atoms with Crippen molar-refractivity contribution in [1.82, 2.24) is 19.9 Å². The summed E-state index contributed by atoms with van der Waals surface area (Å²) in [5.74, 6) is 1.72. The van der Waals surface area contributed by atoms with Gasteiger partial charge in [0.05, 0.1) is 56.9 Å². The highest BCUT2D eigenvalue weighted by Gasteiger charge is 2.32. The molecule has 11 rings (SSSR count). The fourth-order valence-electron chi connectivity index (χ4n) is 9.94. The Morgan fingerprint density at radius 2 is 0.779 bits per heavy atom. The Hall–Kier alpha value is -7.98. The number of fused-ring (bicyclic) bond motifs is 2. The van der Waals surface area contributed by atoms with Gasteiger partial charge >= 0.3 is 0 Å². The lowest BCUT2D eigenvalue weighted by molar-refractivity contribution is 0.708. The molecule has 9 aromatic rings. The summed E-state index contributed by atoms with van der Waals surface area (Å²) in [5.41, 5.74) is 17.4. The third-order valence-corrected chi connectivity index (χ3v) is 13.8. The van der Waals surface area contributed by atoms with Gasteiger partial charge in [0.2, 0.25) is 0 Å². The van der Waals surface area contributed by atoms with Crippen LogP contribution >= 0.6 is 0 Å². The molecular formula is C58H56N10. The first kappa shape index (κ1) is 42.6. The molecule has 7 aromatic carbocycles. The van der Waals surface area contributed by atoms with Crippen molar-refractivity contribution in [3.63, 3.8) is 0 Å². The summed E-state index contributed by atoms with van der Waals surface area (Å²) in [6, 6.07) is 60.6. The number of nitrogens with zero attached hydrogens (tertiary/aromatic N) is 8. The first-order chi connectivity index (χ1) is 33.5. The Morgan fingerprint density at radius 3 is 1.13 bits per heavy atom. The smallest absolute Gasteiger partial charge is 0.138 e. The molecule has 2 N–H and O–H groups in total. The minimum Gasteiger partial charge on any atom is -0.372 e. The molecule has 0 spiro atoms. The fraction of sp³-hybridized carbons (Fsp3) is 0.207. The van der Waals surface area contributed by atoms with Crippen molar-refractivity contribution < 1.29 is 0 Å². The van der Waals surface area contributed by atoms with E-state index >= 15 is 0 Å². The van der Waals surface area contributed by atoms with Gasteiger partial charge in [-0.3, -0.25) is 10.0 Å². The Kier molecular flexibility index (Phi) is 11.5. The zero-order valence-corrected chi connectivity index (χ0v) is 39.1. The molecule has 0 radical (unpaired) electrons. The Morgan fingerprint density at radius 1 is 0.426 bits per heavy atom. The molecule has 2 unspecified atom stereocenters. The second-order valence-electron chi connectivity index (χ2n) is 17.6. The van der Waals surface area contributed by atoms with Crippen molar-refractivity contribution in [2.45, 2.75) is 52.6 Å². The number of hydrogen-bond acceptors (Lipinski definition) is 8. The van der Waals surface area contributed by atoms with Gasteiger partial charge in [-0.15, -0.1) is 0 Å². The molecule has 68 heavy (non-hydrogen) atoms. The van der Waals surface area contributed by atoms with E-state index in [9.17, 15) is 0 Å². The number of benzene rings is 7. The van der Waals surface area contributed by atoms with Crippen LogP contribution in [0.1, 0.15) is 74.9 Å². The van der Waals surface area contributed by atoms with Gasteiger partial charge in [-0.25, -0.2) is 9.97 Å². The average molecular weight is 893 g/mol. The fourth-order valence-corrected chi connectivity index (χ4v) is 9.94. The van der Waals surface area contributed by atoms with Crippen molar-refractivity contribution in [1.29, 1.82) is 0 Å². The van der Waals surface area contributed by atoms with Crippen LogP contribution in [0.5, 0.6) is 0 Å². The molecule has 2 atom stereocenters. The largest absolute Gasteiger partial charge is 0.372 e. The van der Waals surface area contributed by atoms with E-state index in [2.05, 4.69) is 191 Å². The van der Waals surface area contributed by atoms with E-state index in [0.717, 1.165) is 118 Å². The van der Waals surface area contributed by atoms with E-state index < -0.39 is 0 Å². The quantitative estimate of drug-likeness (QED) is 0.113. The molecule has 338 valence electrons. The predicted molar refractivity (Wildman–Crippen MR) is 282 cm³/mol. The summed E-state index contributed by atoms with van der Waals surface area (Å²) < 4.78 is 0. The molecule has 0 fully saturated rings. The minimum atomic E-state index is 0.0346. The molecule has 0 aliphatic carbocycles. The van der Waals surface area contributed by atoms with Gasteiger partial charge in [-0.2, -0.15) is 10.2 Å². The molecular weight excluding hydrogens is 837 g/mol. The normalized spacial score (nSPS) is 15.9. The lowest BCUT2D eigenvalue weighted by Gasteiger charge is -2.26. The number of rotatable bonds is 14. The molecule has 0 saturated heterocycles. The first-order valence-corrected chi connectivity index (χ1v) is 24.1. The standard InChI is InChI=1S/C58H56N10/c1-5-65(6-2)45-29-21-41(22-30-45)55-37-53(63-67(55)47-33-25-43(26-34-47)57-59-49-13-9-10-14-50(49)60-57)39-17-19-40(20-18-39)54-38-56(42-23-31-46(32-24-42)66(7-3)8-4)68(64-54)48-35-27-44(28-36-48)58-61-51-15-11-12-16-52(51)62-58/h9-36,55-56H,5-8,37-38H2,1-4H3,(H,59,60)(H,61,62). The van der Waals surface area contributed by atoms with Gasteiger partial charge in [-0.1, -0.05) is 72.8 Å². The lowest BCUT2D eigenvalue weighted by Crippen LogP contribution is -2.22. The van der Waals surface area contributed by atoms with Gasteiger partial charge in [0.15, 0.2) is 0 Å². The lowest BCUT2D eigenvalue weighted by atomic mass is 9.95. The van der Waals surface area contributed by atoms with Crippen LogP contribution in [0.4, 0.5) is 22.7 Å². The van der Waals surface area contributed by atoms with E-state index in [4.69, 9.17) is 20.2 Å². The summed E-state index contributed by atoms with van der Waals surface area (Å²) in [6.45, 7) is 12.7. The summed E-state index contributed by atoms with van der Waals surface area (Å²) in [5, 5.41) is 15.2. The van der Waals surface area contributed by atoms with Crippen molar-refractivity contribution >= 4 is 56.2 Å². The summed E-state index contributed by atoms with van der Waals surface area (Å²) in [4.78, 5) is 21.4. The van der Waals surface area contributed by atoms with Crippen LogP contribution in [-0.4, -0.2) is 57.5 Å². The second kappa shape index (κ2) is 18.4. The molecule has 10 heteroatoms. The molecule has 4 heterocycles. The molecule has 0 saturated carbocycles. The topological polar surface area (TPSA) is 95.0 Å². The maximum atomic E-state index is 5.38. The number of hydrazone groups is 2. The Bertz CT molecular complexity index is 2940. The number of aromatic amines is 2. The van der Waals surface area contributed by atoms with Crippen LogP contribution in [0.15, 0.2) is 180 Å². The van der Waals surface area contributed by atoms with Crippen LogP contribution in [0.25, 0.3) is 44.8 Å². The number of aromatic nitrogens is 4. The number of hydrogen-bond donors (Lipinski definition) is 2. The van der Waals surface area contributed by atoms with Gasteiger partial charge in [-0.05, 0) is 147 Å². The van der Waals surface area contributed by atoms with Crippen molar-refractivity contribution in [3.05, 3.63) is 192 Å². The Balaban J connectivity index is 0.891. The first-order valence-electron chi connectivity index (χ1n) is 24.1. The minimum absolute atomic E-state index is 0.0346. The van der Waals surface area contributed by atoms with Gasteiger partial charge in [0, 0.05) is 61.5 Å². The third-order valence-electron chi connectivity index (χ3n) is 13.8. The molecule has 2 aliphatic heterocycles. The maximum Gasteiger partial charge on any atom is 0.138 e. The summed E-state index contributed by atoms with van der Waals surface area (Å²) in [6.07, 6.45) is 1.55. The number of para-hydroxylation sites is 4. The van der Waals surface area contributed by atoms with Gasteiger partial charge in [0.25, 0.3) is 0 Å². The van der Waals surface area contributed by atoms with E-state index in [1.54, 1.807) is 0 Å². The zero-order chi connectivity index (χ0) is 46.1. The van der Waals surface area contributed by atoms with Crippen LogP contribution in [0, 0.1) is 0 Å². The van der Waals surface area contributed by atoms with Crippen molar-refractivity contribution in [3.8, 4) is 22.8 Å². The summed E-state index contributed by atoms with van der Waals surface area (Å²) in [7, 11) is 0. The highest BCUT2D eigenvalue weighted by molar-refractivity contribution is 6.06. The van der Waals surface area contributed by atoms with Crippen molar-refractivity contribution in [2.24, 2.45) is 10.2 Å². The van der Waals surface area contributed by atoms with E-state index in [1.807, 2.05) is 36.4 Å². The zero-order valence-electron chi connectivity index (χ0n) is 39.1. The summed E-state index contributed by atoms with van der Waals surface area (Å²) >= 11 is 0. The van der Waals surface area contributed by atoms with E-state index in [0.29, 0.717) is 0 Å². The highest BCUT2D eigenvalue weighted by atomic mass is 15.5. The van der Waals surface area contributed by atoms with E-state index in [-0.39, 0.29) is 12.1 Å². The van der Waals surface area contributed by atoms with Crippen LogP contribution < -0.4 is 19.8 Å². The number of anilines is 4. The molecule has 2 aromatic heterocycles. The molecule has 2 aliphatic rings. The number of imidazole rings is 2. The predicted octanol–water partition coefficient (Wildman–Crippen LogP) is 13.2. The second-order valence-corrected chi connectivity index (χ2v) is 17.6. The molecule has 0 bridgehead atoms. The third kappa shape index (κ3) is 8.16. The van der Waals surface area contributed by atoms with Crippen molar-refractivity contribution in [2.75, 3.05) is 46.0 Å². The Labute approximate surface area is 398 Å². The van der Waals surface area contributed by atoms with Crippen LogP contribution in [0.2, 0.25) is 0 Å². The molecule has 10 nitrogen and oxygen atoms in total. The SMILES string of the molecule is CCN(CC)c1ccc(C2CC(c3ccc(C4=NN(c5ccc(-c6nc7ccccc7[nH]6)cc5)C(c5ccc(N(CC)CC)cc5)C4)cc3)=NN2c2ccc(-c3nc4ccccc4[nH]3)cc2)cc1. The highest BCUT2D eigenvalue weighted by Crippen LogP contribution is 2.40.